The summed E-state index contributed by atoms with van der Waals surface area (Å²) >= 11 is 0. The van der Waals surface area contributed by atoms with Gasteiger partial charge in [-0.15, -0.1) is 0 Å². The first-order valence-electron chi connectivity index (χ1n) is 8.40. The Kier molecular flexibility index (Phi) is 3.48. The van der Waals surface area contributed by atoms with Gasteiger partial charge in [-0.2, -0.15) is 5.26 Å². The van der Waals surface area contributed by atoms with Crippen LogP contribution in [-0.2, 0) is 10.3 Å². The van der Waals surface area contributed by atoms with Crippen LogP contribution in [0.2, 0.25) is 0 Å². The van der Waals surface area contributed by atoms with Gasteiger partial charge in [0, 0.05) is 19.0 Å². The van der Waals surface area contributed by atoms with Gasteiger partial charge in [0.05, 0.1) is 17.7 Å². The molecule has 6 heteroatoms. The minimum absolute atomic E-state index is 0.144. The number of nitrogens with two attached hydrogens (primary N) is 1. The number of guanidine groups is 1. The number of hydrogen-bond acceptors (Lipinski definition) is 5. The molecule has 4 rings (SSSR count). The SMILES string of the molecule is C[C@@H]1C[C@@]2(N=C(N)N(C)C2=O)c2cc(-c3cccc(C#N)c3)ccc2O1. The molecule has 0 aliphatic carbocycles. The van der Waals surface area contributed by atoms with Gasteiger partial charge in [-0.25, -0.2) is 4.99 Å². The highest BCUT2D eigenvalue weighted by atomic mass is 16.5. The zero-order valence-corrected chi connectivity index (χ0v) is 14.6. The topological polar surface area (TPSA) is 91.7 Å². The molecule has 2 aromatic carbocycles. The fourth-order valence-electron chi connectivity index (χ4n) is 3.70. The third-order valence-electron chi connectivity index (χ3n) is 4.97. The van der Waals surface area contributed by atoms with E-state index in [1.54, 1.807) is 13.1 Å². The average molecular weight is 346 g/mol. The number of likely N-dealkylation sites (N-methyl/N-ethyl adjacent to an activating group) is 1. The van der Waals surface area contributed by atoms with E-state index in [0.29, 0.717) is 23.3 Å². The van der Waals surface area contributed by atoms with Crippen molar-refractivity contribution in [2.45, 2.75) is 25.0 Å². The number of hydrogen-bond donors (Lipinski definition) is 1. The van der Waals surface area contributed by atoms with Gasteiger partial charge in [-0.05, 0) is 42.3 Å². The molecule has 6 nitrogen and oxygen atoms in total. The van der Waals surface area contributed by atoms with Crippen LogP contribution < -0.4 is 10.5 Å². The summed E-state index contributed by atoms with van der Waals surface area (Å²) in [5.74, 6) is 0.713. The van der Waals surface area contributed by atoms with Crippen LogP contribution in [0.3, 0.4) is 0 Å². The number of ether oxygens (including phenoxy) is 1. The predicted molar refractivity (Wildman–Crippen MR) is 97.4 cm³/mol. The van der Waals surface area contributed by atoms with Crippen molar-refractivity contribution in [3.05, 3.63) is 53.6 Å². The summed E-state index contributed by atoms with van der Waals surface area (Å²) in [6, 6.07) is 15.2. The molecule has 2 aliphatic rings. The van der Waals surface area contributed by atoms with Gasteiger partial charge >= 0.3 is 0 Å². The van der Waals surface area contributed by atoms with Crippen molar-refractivity contribution < 1.29 is 9.53 Å². The van der Waals surface area contributed by atoms with Crippen molar-refractivity contribution in [1.29, 1.82) is 5.26 Å². The molecular formula is C20H18N4O2. The molecule has 0 unspecified atom stereocenters. The molecule has 0 saturated heterocycles. The fraction of sp³-hybridized carbons (Fsp3) is 0.250. The van der Waals surface area contributed by atoms with Crippen LogP contribution in [0.15, 0.2) is 47.5 Å². The number of carbonyl (C=O) groups is 1. The lowest BCUT2D eigenvalue weighted by Gasteiger charge is -2.35. The van der Waals surface area contributed by atoms with Crippen LogP contribution in [-0.4, -0.2) is 29.9 Å². The zero-order valence-electron chi connectivity index (χ0n) is 14.6. The molecule has 2 atom stereocenters. The maximum absolute atomic E-state index is 13.0. The van der Waals surface area contributed by atoms with Crippen LogP contribution >= 0.6 is 0 Å². The normalized spacial score (nSPS) is 24.0. The maximum atomic E-state index is 13.0. The summed E-state index contributed by atoms with van der Waals surface area (Å²) in [6.07, 6.45) is 0.285. The summed E-state index contributed by atoms with van der Waals surface area (Å²) in [5, 5.41) is 9.14. The Morgan fingerprint density at radius 3 is 2.77 bits per heavy atom. The first-order valence-corrected chi connectivity index (χ1v) is 8.40. The first-order chi connectivity index (χ1) is 12.4. The Labute approximate surface area is 151 Å². The quantitative estimate of drug-likeness (QED) is 0.858. The second kappa shape index (κ2) is 5.60. The predicted octanol–water partition coefficient (Wildman–Crippen LogP) is 2.38. The largest absolute Gasteiger partial charge is 0.490 e. The van der Waals surface area contributed by atoms with E-state index in [-0.39, 0.29) is 18.0 Å². The van der Waals surface area contributed by atoms with Gasteiger partial charge in [-0.1, -0.05) is 18.2 Å². The first kappa shape index (κ1) is 16.2. The van der Waals surface area contributed by atoms with Gasteiger partial charge in [-0.3, -0.25) is 9.69 Å². The van der Waals surface area contributed by atoms with E-state index in [0.717, 1.165) is 11.1 Å². The lowest BCUT2D eigenvalue weighted by Crippen LogP contribution is -2.45. The van der Waals surface area contributed by atoms with Gasteiger partial charge in [0.2, 0.25) is 0 Å². The van der Waals surface area contributed by atoms with Crippen LogP contribution in [0.4, 0.5) is 0 Å². The number of rotatable bonds is 1. The number of nitrogens with zero attached hydrogens (tertiary/aromatic N) is 3. The molecule has 1 amide bonds. The monoisotopic (exact) mass is 346 g/mol. The molecule has 0 aromatic heterocycles. The minimum atomic E-state index is -1.05. The standard InChI is InChI=1S/C20H18N4O2/c1-12-10-20(18(25)24(2)19(22)23-20)16-9-15(6-7-17(16)26-12)14-5-3-4-13(8-14)11-21/h3-9,12H,10H2,1-2H3,(H2,22,23)/t12-,20-/m1/s1. The van der Waals surface area contributed by atoms with Crippen molar-refractivity contribution >= 4 is 11.9 Å². The molecular weight excluding hydrogens is 328 g/mol. The summed E-state index contributed by atoms with van der Waals surface area (Å²) < 4.78 is 5.94. The molecule has 2 heterocycles. The summed E-state index contributed by atoms with van der Waals surface area (Å²) in [7, 11) is 1.63. The fourth-order valence-corrected chi connectivity index (χ4v) is 3.70. The zero-order chi connectivity index (χ0) is 18.5. The third kappa shape index (κ3) is 2.25. The molecule has 26 heavy (non-hydrogen) atoms. The van der Waals surface area contributed by atoms with Crippen LogP contribution in [0.1, 0.15) is 24.5 Å². The minimum Gasteiger partial charge on any atom is -0.490 e. The van der Waals surface area contributed by atoms with E-state index in [1.807, 2.05) is 43.3 Å². The van der Waals surface area contributed by atoms with Crippen molar-refractivity contribution in [2.24, 2.45) is 10.7 Å². The third-order valence-corrected chi connectivity index (χ3v) is 4.97. The number of aliphatic imine (C=N–C) groups is 1. The summed E-state index contributed by atoms with van der Waals surface area (Å²) in [5.41, 5.74) is 7.99. The van der Waals surface area contributed by atoms with Crippen LogP contribution in [0, 0.1) is 11.3 Å². The Morgan fingerprint density at radius 1 is 1.31 bits per heavy atom. The lowest BCUT2D eigenvalue weighted by molar-refractivity contribution is -0.132. The molecule has 0 saturated carbocycles. The molecule has 1 spiro atoms. The number of nitriles is 1. The highest BCUT2D eigenvalue weighted by Gasteiger charge is 2.52. The van der Waals surface area contributed by atoms with E-state index < -0.39 is 5.54 Å². The average Bonchev–Trinajstić information content (AvgIpc) is 2.85. The molecule has 0 bridgehead atoms. The molecule has 0 radical (unpaired) electrons. The van der Waals surface area contributed by atoms with Crippen LogP contribution in [0.25, 0.3) is 11.1 Å². The molecule has 2 N–H and O–H groups in total. The van der Waals surface area contributed by atoms with Crippen molar-refractivity contribution in [3.63, 3.8) is 0 Å². The Morgan fingerprint density at radius 2 is 2.08 bits per heavy atom. The molecule has 2 aliphatic heterocycles. The second-order valence-electron chi connectivity index (χ2n) is 6.73. The maximum Gasteiger partial charge on any atom is 0.261 e. The van der Waals surface area contributed by atoms with E-state index >= 15 is 0 Å². The molecule has 2 aromatic rings. The Bertz CT molecular complexity index is 992. The van der Waals surface area contributed by atoms with Gasteiger partial charge < -0.3 is 10.5 Å². The van der Waals surface area contributed by atoms with Crippen molar-refractivity contribution in [3.8, 4) is 22.9 Å². The van der Waals surface area contributed by atoms with Gasteiger partial charge in [0.25, 0.3) is 5.91 Å². The smallest absolute Gasteiger partial charge is 0.261 e. The molecule has 0 fully saturated rings. The second-order valence-corrected chi connectivity index (χ2v) is 6.73. The van der Waals surface area contributed by atoms with Crippen LogP contribution in [0.5, 0.6) is 5.75 Å². The number of amides is 1. The number of carbonyl (C=O) groups excluding carboxylic acids is 1. The highest BCUT2D eigenvalue weighted by molar-refractivity contribution is 6.07. The summed E-state index contributed by atoms with van der Waals surface area (Å²) in [6.45, 7) is 1.92. The lowest BCUT2D eigenvalue weighted by atomic mass is 9.81. The van der Waals surface area contributed by atoms with E-state index in [9.17, 15) is 4.79 Å². The van der Waals surface area contributed by atoms with E-state index in [4.69, 9.17) is 15.7 Å². The van der Waals surface area contributed by atoms with E-state index in [1.165, 1.54) is 4.90 Å². The number of fused-ring (bicyclic) bond motifs is 2. The Hall–Kier alpha value is -3.33. The molecule has 130 valence electrons. The van der Waals surface area contributed by atoms with Gasteiger partial charge in [0.15, 0.2) is 11.5 Å². The number of benzene rings is 2. The summed E-state index contributed by atoms with van der Waals surface area (Å²) in [4.78, 5) is 18.9. The van der Waals surface area contributed by atoms with E-state index in [2.05, 4.69) is 11.1 Å². The van der Waals surface area contributed by atoms with Crippen molar-refractivity contribution in [1.82, 2.24) is 4.90 Å². The van der Waals surface area contributed by atoms with Crippen molar-refractivity contribution in [2.75, 3.05) is 7.05 Å². The van der Waals surface area contributed by atoms with Gasteiger partial charge in [0.1, 0.15) is 5.75 Å². The Balaban J connectivity index is 1.90. The highest BCUT2D eigenvalue weighted by Crippen LogP contribution is 2.46.